The topological polar surface area (TPSA) is 545 Å². The fourth-order valence-corrected chi connectivity index (χ4v) is 15.3. The van der Waals surface area contributed by atoms with E-state index in [9.17, 15) is 77.8 Å². The molecule has 6 heterocycles. The summed E-state index contributed by atoms with van der Waals surface area (Å²) < 4.78 is 333. The van der Waals surface area contributed by atoms with Crippen LogP contribution >= 0.6 is 0 Å². The second-order valence-electron chi connectivity index (χ2n) is 25.5. The van der Waals surface area contributed by atoms with E-state index in [0.29, 0.717) is 24.0 Å². The number of rotatable bonds is 38. The maximum atomic E-state index is 12.8. The molecule has 0 bridgehead atoms. The third kappa shape index (κ3) is 42.2. The van der Waals surface area contributed by atoms with Crippen LogP contribution in [-0.4, -0.2) is 227 Å². The molecule has 0 saturated carbocycles. The number of ether oxygens (including phenoxy) is 15. The second kappa shape index (κ2) is 57.3. The van der Waals surface area contributed by atoms with E-state index < -0.39 is 242 Å². The van der Waals surface area contributed by atoms with Crippen LogP contribution in [0.4, 0.5) is 0 Å². The van der Waals surface area contributed by atoms with Gasteiger partial charge in [-0.05, 0) is 59.7 Å². The first-order chi connectivity index (χ1) is 50.4. The van der Waals surface area contributed by atoms with Crippen LogP contribution in [0.15, 0.2) is 91.0 Å². The Kier molecular flexibility index (Phi) is 59.7. The molecule has 0 radical (unpaired) electrons. The first-order valence-corrected chi connectivity index (χ1v) is 41.3. The average Bonchev–Trinajstić information content (AvgIpc) is 0.776. The van der Waals surface area contributed by atoms with Crippen LogP contribution in [0.25, 0.3) is 0 Å². The molecule has 39 nitrogen and oxygen atoms in total. The Morgan fingerprint density at radius 3 is 1.17 bits per heavy atom. The van der Waals surface area contributed by atoms with E-state index in [1.54, 1.807) is 91.0 Å². The zero-order chi connectivity index (χ0) is 77.5. The van der Waals surface area contributed by atoms with Crippen LogP contribution in [0.1, 0.15) is 76.0 Å². The minimum absolute atomic E-state index is 0. The first-order valence-electron chi connectivity index (χ1n) is 33.1. The van der Waals surface area contributed by atoms with Crippen molar-refractivity contribution in [3.8, 4) is 12.3 Å². The summed E-state index contributed by atoms with van der Waals surface area (Å²) in [6.07, 6.45) is -20.6. The summed E-state index contributed by atoms with van der Waals surface area (Å²) in [7, 11) is -32.6. The molecule has 3 N–H and O–H groups in total. The van der Waals surface area contributed by atoms with Gasteiger partial charge >= 0.3 is 266 Å². The van der Waals surface area contributed by atoms with Crippen molar-refractivity contribution in [1.29, 1.82) is 0 Å². The van der Waals surface area contributed by atoms with Gasteiger partial charge in [0.15, 0.2) is 49.8 Å². The molecular weight excluding hydrogens is 1760 g/mol. The minimum Gasteiger partial charge on any atom is -0.735 e. The van der Waals surface area contributed by atoms with Gasteiger partial charge in [-0.25, -0.2) is 64.7 Å². The third-order valence-corrected chi connectivity index (χ3v) is 20.8. The van der Waals surface area contributed by atoms with Crippen molar-refractivity contribution < 1.29 is 427 Å². The minimum atomic E-state index is -5.58. The predicted molar refractivity (Wildman–Crippen MR) is 350 cm³/mol. The van der Waals surface area contributed by atoms with Gasteiger partial charge in [0.25, 0.3) is 0 Å². The molecule has 3 aromatic carbocycles. The summed E-state index contributed by atoms with van der Waals surface area (Å²) in [6, 6.07) is 20.8. The molecule has 6 unspecified atom stereocenters. The number of terminal acetylenes is 1. The van der Waals surface area contributed by atoms with Crippen molar-refractivity contribution in [3.63, 3.8) is 0 Å². The molecule has 6 aliphatic rings. The molecule has 6 fully saturated rings. The van der Waals surface area contributed by atoms with E-state index in [4.69, 9.17) is 77.5 Å². The van der Waals surface area contributed by atoms with Crippen molar-refractivity contribution in [1.82, 2.24) is 14.2 Å². The first kappa shape index (κ1) is 121. The molecule has 0 amide bonds. The van der Waals surface area contributed by atoms with E-state index in [1.807, 2.05) is 14.2 Å². The van der Waals surface area contributed by atoms with Crippen molar-refractivity contribution in [3.05, 3.63) is 128 Å². The summed E-state index contributed by atoms with van der Waals surface area (Å²) in [5.74, 6) is -0.484. The number of hydrogen-bond donors (Lipinski definition) is 3. The molecule has 3 aromatic rings. The molecule has 0 aliphatic carbocycles. The van der Waals surface area contributed by atoms with Crippen molar-refractivity contribution in [2.75, 3.05) is 26.4 Å². The van der Waals surface area contributed by atoms with Crippen LogP contribution in [-0.2, 0) is 166 Å². The van der Waals surface area contributed by atoms with Crippen LogP contribution in [0, 0.1) is 49.9 Å². The fourth-order valence-electron chi connectivity index (χ4n) is 12.5. The number of benzene rings is 3. The summed E-state index contributed by atoms with van der Waals surface area (Å²) >= 11 is 0. The van der Waals surface area contributed by atoms with Crippen LogP contribution in [0.5, 0.6) is 0 Å². The van der Waals surface area contributed by atoms with Gasteiger partial charge in [-0.3, -0.25) is 12.5 Å². The van der Waals surface area contributed by atoms with Crippen molar-refractivity contribution >= 4 is 62.1 Å². The number of hydrogen-bond acceptors (Lipinski definition) is 36. The summed E-state index contributed by atoms with van der Waals surface area (Å²) in [6.45, 7) is 4.16. The van der Waals surface area contributed by atoms with E-state index in [0.717, 1.165) is 18.8 Å². The van der Waals surface area contributed by atoms with Crippen LogP contribution < -0.4 is 280 Å². The average molecular weight is 1840 g/mol. The zero-order valence-electron chi connectivity index (χ0n) is 66.1. The molecule has 0 aromatic heterocycles. The van der Waals surface area contributed by atoms with E-state index in [2.05, 4.69) is 18.5 Å². The Labute approximate surface area is 876 Å². The van der Waals surface area contributed by atoms with Crippen LogP contribution in [0.2, 0.25) is 0 Å². The zero-order valence-corrected chi connectivity index (χ0v) is 89.0. The molecule has 23 atom stereocenters. The quantitative estimate of drug-likeness (QED) is 0.0120. The summed E-state index contributed by atoms with van der Waals surface area (Å²) in [4.78, 5) is 0. The van der Waals surface area contributed by atoms with Gasteiger partial charge in [-0.15, -0.1) is 12.3 Å². The molecule has 6 aliphatic heterocycles. The maximum absolute atomic E-state index is 12.8. The predicted octanol–water partition coefficient (Wildman–Crippen LogP) is -27.0. The molecule has 116 heavy (non-hydrogen) atoms. The molecule has 54 heteroatoms. The van der Waals surface area contributed by atoms with E-state index in [1.165, 1.54) is 27.4 Å². The monoisotopic (exact) mass is 1840 g/mol. The largest absolute Gasteiger partial charge is 1.00 e. The van der Waals surface area contributed by atoms with Gasteiger partial charge in [-0.2, -0.15) is 19.8 Å². The van der Waals surface area contributed by atoms with Crippen LogP contribution in [0.3, 0.4) is 0 Å². The number of nitrogens with one attached hydrogen (secondary N) is 3. The van der Waals surface area contributed by atoms with Gasteiger partial charge in [0.05, 0.1) is 101 Å². The Morgan fingerprint density at radius 1 is 0.414 bits per heavy atom. The normalized spacial score (nSPS) is 31.1. The van der Waals surface area contributed by atoms with Gasteiger partial charge in [0.2, 0.25) is 31.2 Å². The molecule has 9 rings (SSSR count). The van der Waals surface area contributed by atoms with E-state index in [-0.39, 0.29) is 299 Å². The Bertz CT molecular complexity index is 4070. The summed E-state index contributed by atoms with van der Waals surface area (Å²) in [5, 5.41) is 0. The molecule has 6 saturated heterocycles. The SMILES string of the molecule is C#CCCCO[C@H]1C[C@H](OCc2ccccc2)[C@@H](O[C@@H]2OC(COS(=O)(=O)[O-])[C@H](O[C@H]3C[C@H](OCc4ccccc4)[C@@H](O[C@@H]4OC(COS(=O)(=O)[O-])[C@H](O[C@H]5C[C@H](OCc6ccccc6)[C@@H](O[C@@H]6OC(COS(=O)(=O)[O-])[C@H](C)[C@H](C)C6NS(=O)(=O)[O-])[CH-]O5)CC4NS(=O)(=O)[O-])[CH-]O3)[C@H](C)C2NS(=O)(=O)[O-])[CH-]O1.[Na+].[Na+].[Na+].[Na+].[Na+].[Na+].[Na+].[Na+].[Na+]. The summed E-state index contributed by atoms with van der Waals surface area (Å²) in [5.41, 5.74) is 1.89. The number of unbranched alkanes of at least 4 members (excludes halogenated alkanes) is 1. The molecular formula is C62H80N3Na9O36S6. The maximum Gasteiger partial charge on any atom is 1.00 e. The van der Waals surface area contributed by atoms with Crippen molar-refractivity contribution in [2.24, 2.45) is 17.8 Å². The Balaban J connectivity index is 0.0000147. The molecule has 604 valence electrons. The van der Waals surface area contributed by atoms with E-state index >= 15 is 0 Å². The Morgan fingerprint density at radius 2 is 0.767 bits per heavy atom. The molecule has 0 spiro atoms. The smallest absolute Gasteiger partial charge is 0.735 e. The second-order valence-corrected chi connectivity index (χ2v) is 32.1. The van der Waals surface area contributed by atoms with Gasteiger partial charge in [0.1, 0.15) is 31.1 Å². The fraction of sp³-hybridized carbons (Fsp3) is 0.629. The Hall–Kier alpha value is 4.84. The van der Waals surface area contributed by atoms with Crippen molar-refractivity contribution in [2.45, 2.75) is 202 Å². The van der Waals surface area contributed by atoms with Gasteiger partial charge in [-0.1, -0.05) is 112 Å². The third-order valence-electron chi connectivity index (χ3n) is 17.8. The van der Waals surface area contributed by atoms with Gasteiger partial charge in [0, 0.05) is 31.6 Å². The standard InChI is InChI=1S/C62H86N3O36S6.9Na/c1-5-6-16-23-84-54-25-44(85-28-40-17-10-7-11-18-40)50(31-88-54)99-62-58(65-104(72,73)74)39(4)59(53(100-62)36-93-107(81,82)83)101-56-27-46(87-30-42-21-14-9-15-22-42)49(32-90-56)96-60-43(63-102(66,67)68)24-47(52(97-60)35-92-106(78,79)80)94-55-26-45(86-29-41-19-12-8-13-20-41)51(33-89-55)98-61-57(64-103(69,70)71)38(3)37(2)48(95-61)34-91-105(75,76)77;;;;;;;;;/h1,7-15,17-22,31-33,37-39,43-65H,6,16,23-30,34-36H2,2-4H3,(H,66,67,68)(H,69,70,71)(H,72,73,74)(H,75,76,77)(H,78,79,80)(H,81,82,83);;;;;;;;;/q-3;9*+1/p-6/t37-,38+,39-,43?,44+,45+,46+,47-,48?,49+,50+,51+,52?,53?,54-,55+,56+,57?,58?,59-,60-,61+,62-;;;;;;;;;/m1........./s1. The van der Waals surface area contributed by atoms with Gasteiger partial charge < -0.3 is 98.4 Å².